The van der Waals surface area contributed by atoms with Crippen molar-refractivity contribution in [2.45, 2.75) is 13.0 Å². The molecule has 1 aliphatic rings. The second-order valence-electron chi connectivity index (χ2n) is 5.39. The summed E-state index contributed by atoms with van der Waals surface area (Å²) in [5.41, 5.74) is 8.50. The summed E-state index contributed by atoms with van der Waals surface area (Å²) >= 11 is 0. The molecule has 110 valence electrons. The number of halogens is 1. The molecule has 2 aromatic heterocycles. The Morgan fingerprint density at radius 3 is 2.91 bits per heavy atom. The summed E-state index contributed by atoms with van der Waals surface area (Å²) in [6.07, 6.45) is 2.30. The van der Waals surface area contributed by atoms with Crippen molar-refractivity contribution in [2.75, 3.05) is 17.2 Å². The summed E-state index contributed by atoms with van der Waals surface area (Å²) in [6.45, 7) is 1.49. The smallest absolute Gasteiger partial charge is 0.166 e. The van der Waals surface area contributed by atoms with E-state index in [-0.39, 0.29) is 5.82 Å². The van der Waals surface area contributed by atoms with Gasteiger partial charge in [-0.1, -0.05) is 6.07 Å². The van der Waals surface area contributed by atoms with Gasteiger partial charge in [0, 0.05) is 13.1 Å². The number of nitrogens with zero attached hydrogens (tertiary/aromatic N) is 4. The monoisotopic (exact) mass is 295 g/mol. The number of rotatable bonds is 1. The number of fused-ring (bicyclic) bond motifs is 2. The van der Waals surface area contributed by atoms with Gasteiger partial charge in [-0.3, -0.25) is 0 Å². The minimum Gasteiger partial charge on any atom is -0.384 e. The van der Waals surface area contributed by atoms with Gasteiger partial charge in [-0.25, -0.2) is 19.3 Å². The fourth-order valence-corrected chi connectivity index (χ4v) is 2.90. The lowest BCUT2D eigenvalue weighted by Crippen LogP contribution is -2.31. The van der Waals surface area contributed by atoms with Crippen LogP contribution in [-0.4, -0.2) is 21.5 Å². The number of pyridine rings is 1. The summed E-state index contributed by atoms with van der Waals surface area (Å²) < 4.78 is 13.3. The number of nitrogen functional groups attached to an aromatic ring is 1. The van der Waals surface area contributed by atoms with Gasteiger partial charge >= 0.3 is 0 Å². The van der Waals surface area contributed by atoms with E-state index in [1.54, 1.807) is 12.1 Å². The van der Waals surface area contributed by atoms with E-state index in [9.17, 15) is 4.39 Å². The molecule has 1 aromatic carbocycles. The predicted molar refractivity (Wildman–Crippen MR) is 82.9 cm³/mol. The summed E-state index contributed by atoms with van der Waals surface area (Å²) in [5, 5.41) is 0.877. The molecule has 3 aromatic rings. The van der Waals surface area contributed by atoms with E-state index < -0.39 is 0 Å². The van der Waals surface area contributed by atoms with Crippen LogP contribution in [0.4, 0.5) is 16.0 Å². The fourth-order valence-electron chi connectivity index (χ4n) is 2.90. The van der Waals surface area contributed by atoms with Crippen LogP contribution in [0.5, 0.6) is 0 Å². The lowest BCUT2D eigenvalue weighted by Gasteiger charge is -2.30. The van der Waals surface area contributed by atoms with Crippen molar-refractivity contribution >= 4 is 22.7 Å². The van der Waals surface area contributed by atoms with Crippen molar-refractivity contribution in [3.8, 4) is 0 Å². The van der Waals surface area contributed by atoms with E-state index in [4.69, 9.17) is 5.73 Å². The topological polar surface area (TPSA) is 67.9 Å². The molecule has 2 N–H and O–H groups in total. The van der Waals surface area contributed by atoms with Crippen molar-refractivity contribution in [3.63, 3.8) is 0 Å². The molecule has 0 saturated carbocycles. The molecule has 6 heteroatoms. The third kappa shape index (κ3) is 2.13. The Labute approximate surface area is 126 Å². The predicted octanol–water partition coefficient (Wildman–Crippen LogP) is 2.31. The lowest BCUT2D eigenvalue weighted by molar-refractivity contribution is 0.619. The van der Waals surface area contributed by atoms with Crippen LogP contribution in [0.2, 0.25) is 0 Å². The molecule has 3 heterocycles. The Balaban J connectivity index is 1.76. The third-order valence-electron chi connectivity index (χ3n) is 3.98. The normalized spacial score (nSPS) is 14.1. The molecule has 4 rings (SSSR count). The summed E-state index contributed by atoms with van der Waals surface area (Å²) in [6, 6.07) is 8.61. The zero-order valence-electron chi connectivity index (χ0n) is 11.8. The number of benzene rings is 1. The molecule has 0 atom stereocenters. The molecule has 5 nitrogen and oxygen atoms in total. The minimum absolute atomic E-state index is 0.181. The maximum absolute atomic E-state index is 13.3. The van der Waals surface area contributed by atoms with Crippen LogP contribution in [0.1, 0.15) is 11.1 Å². The number of aromatic nitrogens is 3. The standard InChI is InChI=1S/C16H14FN5/c17-12-2-1-11-8-22(6-5-10(11)7-12)16-13-3-4-14(18)21-15(13)19-9-20-16/h1-4,7,9H,5-6,8H2,(H2,18,19,20,21). The fraction of sp³-hybridized carbons (Fsp3) is 0.188. The Bertz CT molecular complexity index is 864. The first kappa shape index (κ1) is 12.9. The third-order valence-corrected chi connectivity index (χ3v) is 3.98. The Kier molecular flexibility index (Phi) is 2.89. The molecule has 22 heavy (non-hydrogen) atoms. The second-order valence-corrected chi connectivity index (χ2v) is 5.39. The van der Waals surface area contributed by atoms with Crippen molar-refractivity contribution in [1.29, 1.82) is 0 Å². The number of nitrogens with two attached hydrogens (primary N) is 1. The van der Waals surface area contributed by atoms with Gasteiger partial charge in [0.15, 0.2) is 5.65 Å². The Hall–Kier alpha value is -2.76. The lowest BCUT2D eigenvalue weighted by atomic mass is 9.99. The molecule has 0 unspecified atom stereocenters. The van der Waals surface area contributed by atoms with Crippen LogP contribution in [0.25, 0.3) is 11.0 Å². The molecule has 0 aliphatic carbocycles. The molecular formula is C16H14FN5. The number of hydrogen-bond acceptors (Lipinski definition) is 5. The molecule has 0 spiro atoms. The van der Waals surface area contributed by atoms with Gasteiger partial charge in [0.05, 0.1) is 5.39 Å². The van der Waals surface area contributed by atoms with Crippen molar-refractivity contribution in [1.82, 2.24) is 15.0 Å². The van der Waals surface area contributed by atoms with Gasteiger partial charge in [-0.2, -0.15) is 0 Å². The molecule has 0 radical (unpaired) electrons. The van der Waals surface area contributed by atoms with Gasteiger partial charge in [0.25, 0.3) is 0 Å². The highest BCUT2D eigenvalue weighted by Gasteiger charge is 2.20. The number of anilines is 2. The maximum Gasteiger partial charge on any atom is 0.166 e. The Morgan fingerprint density at radius 1 is 1.09 bits per heavy atom. The van der Waals surface area contributed by atoms with Crippen molar-refractivity contribution in [3.05, 3.63) is 53.6 Å². The highest BCUT2D eigenvalue weighted by molar-refractivity contribution is 5.87. The van der Waals surface area contributed by atoms with Crippen LogP contribution in [-0.2, 0) is 13.0 Å². The zero-order valence-corrected chi connectivity index (χ0v) is 11.8. The first-order valence-corrected chi connectivity index (χ1v) is 7.10. The van der Waals surface area contributed by atoms with Crippen LogP contribution < -0.4 is 10.6 Å². The second kappa shape index (κ2) is 4.91. The number of hydrogen-bond donors (Lipinski definition) is 1. The molecular weight excluding hydrogens is 281 g/mol. The van der Waals surface area contributed by atoms with Crippen molar-refractivity contribution in [2.24, 2.45) is 0 Å². The van der Waals surface area contributed by atoms with E-state index in [0.29, 0.717) is 18.0 Å². The highest BCUT2D eigenvalue weighted by atomic mass is 19.1. The van der Waals surface area contributed by atoms with E-state index >= 15 is 0 Å². The molecule has 0 amide bonds. The van der Waals surface area contributed by atoms with Gasteiger partial charge in [0.2, 0.25) is 0 Å². The van der Waals surface area contributed by atoms with E-state index in [1.807, 2.05) is 12.1 Å². The average Bonchev–Trinajstić information content (AvgIpc) is 2.53. The van der Waals surface area contributed by atoms with E-state index in [2.05, 4.69) is 19.9 Å². The van der Waals surface area contributed by atoms with Gasteiger partial charge < -0.3 is 10.6 Å². The highest BCUT2D eigenvalue weighted by Crippen LogP contribution is 2.28. The van der Waals surface area contributed by atoms with Gasteiger partial charge in [-0.05, 0) is 41.8 Å². The summed E-state index contributed by atoms with van der Waals surface area (Å²) in [4.78, 5) is 15.0. The molecule has 0 saturated heterocycles. The van der Waals surface area contributed by atoms with E-state index in [1.165, 1.54) is 12.4 Å². The molecule has 0 fully saturated rings. The first-order valence-electron chi connectivity index (χ1n) is 7.10. The van der Waals surface area contributed by atoms with Gasteiger partial charge in [-0.15, -0.1) is 0 Å². The SMILES string of the molecule is Nc1ccc2c(N3CCc4cc(F)ccc4C3)ncnc2n1. The first-order chi connectivity index (χ1) is 10.7. The average molecular weight is 295 g/mol. The minimum atomic E-state index is -0.181. The Morgan fingerprint density at radius 2 is 2.00 bits per heavy atom. The zero-order chi connectivity index (χ0) is 15.1. The van der Waals surface area contributed by atoms with Gasteiger partial charge in [0.1, 0.15) is 23.8 Å². The maximum atomic E-state index is 13.3. The summed E-state index contributed by atoms with van der Waals surface area (Å²) in [7, 11) is 0. The van der Waals surface area contributed by atoms with E-state index in [0.717, 1.165) is 35.3 Å². The summed E-state index contributed by atoms with van der Waals surface area (Å²) in [5.74, 6) is 1.10. The largest absolute Gasteiger partial charge is 0.384 e. The van der Waals surface area contributed by atoms with Crippen LogP contribution in [0.3, 0.4) is 0 Å². The van der Waals surface area contributed by atoms with Crippen LogP contribution >= 0.6 is 0 Å². The quantitative estimate of drug-likeness (QED) is 0.746. The molecule has 1 aliphatic heterocycles. The van der Waals surface area contributed by atoms with Crippen molar-refractivity contribution < 1.29 is 4.39 Å². The van der Waals surface area contributed by atoms with Crippen LogP contribution in [0, 0.1) is 5.82 Å². The molecule has 0 bridgehead atoms. The van der Waals surface area contributed by atoms with Crippen LogP contribution in [0.15, 0.2) is 36.7 Å².